The van der Waals surface area contributed by atoms with Gasteiger partial charge in [0.05, 0.1) is 6.54 Å². The number of halogens is 2. The van der Waals surface area contributed by atoms with Crippen LogP contribution in [-0.2, 0) is 11.3 Å². The van der Waals surface area contributed by atoms with Crippen LogP contribution in [0.3, 0.4) is 0 Å². The zero-order valence-corrected chi connectivity index (χ0v) is 17.0. The quantitative estimate of drug-likeness (QED) is 0.520. The van der Waals surface area contributed by atoms with Crippen molar-refractivity contribution in [1.29, 1.82) is 0 Å². The van der Waals surface area contributed by atoms with Crippen LogP contribution in [-0.4, -0.2) is 5.91 Å². The van der Waals surface area contributed by atoms with Gasteiger partial charge in [0.1, 0.15) is 17.3 Å². The number of hydrogen-bond acceptors (Lipinski definition) is 3. The predicted molar refractivity (Wildman–Crippen MR) is 114 cm³/mol. The summed E-state index contributed by atoms with van der Waals surface area (Å²) < 4.78 is 18.9. The van der Waals surface area contributed by atoms with Crippen molar-refractivity contribution in [2.75, 3.05) is 5.32 Å². The summed E-state index contributed by atoms with van der Waals surface area (Å²) in [6.07, 6.45) is 2.00. The lowest BCUT2D eigenvalue weighted by Crippen LogP contribution is -2.18. The number of hydrogen-bond donors (Lipinski definition) is 2. The fraction of sp³-hybridized carbons (Fsp3) is 0.261. The molecule has 1 fully saturated rings. The van der Waals surface area contributed by atoms with Crippen molar-refractivity contribution in [1.82, 2.24) is 5.32 Å². The first-order chi connectivity index (χ1) is 13.6. The lowest BCUT2D eigenvalue weighted by Gasteiger charge is -2.14. The molecule has 29 heavy (non-hydrogen) atoms. The van der Waals surface area contributed by atoms with Crippen molar-refractivity contribution >= 4 is 24.0 Å². The highest BCUT2D eigenvalue weighted by Crippen LogP contribution is 2.30. The minimum absolute atomic E-state index is 0. The molecule has 0 saturated heterocycles. The number of carbonyl (C=O) groups is 1. The Labute approximate surface area is 175 Å². The molecule has 0 spiro atoms. The standard InChI is InChI=1S/C23H23FN2O2.ClH/c1-15(16-6-10-20(11-7-16)26-23(27)18-2-3-18)25-14-21-12-13-22(28-21)17-4-8-19(24)9-5-17;/h4-13,15,18,25H,2-3,14H2,1H3,(H,26,27);1H. The van der Waals surface area contributed by atoms with Gasteiger partial charge >= 0.3 is 0 Å². The van der Waals surface area contributed by atoms with E-state index < -0.39 is 0 Å². The molecule has 4 nitrogen and oxygen atoms in total. The van der Waals surface area contributed by atoms with Crippen molar-refractivity contribution in [3.05, 3.63) is 77.8 Å². The third-order valence-electron chi connectivity index (χ3n) is 5.00. The summed E-state index contributed by atoms with van der Waals surface area (Å²) in [5.74, 6) is 1.60. The molecular weight excluding hydrogens is 391 g/mol. The fourth-order valence-electron chi connectivity index (χ4n) is 3.06. The second-order valence-electron chi connectivity index (χ2n) is 7.26. The Morgan fingerprint density at radius 3 is 2.41 bits per heavy atom. The summed E-state index contributed by atoms with van der Waals surface area (Å²) in [5, 5.41) is 6.39. The number of benzene rings is 2. The smallest absolute Gasteiger partial charge is 0.227 e. The Hall–Kier alpha value is -2.63. The van der Waals surface area contributed by atoms with Gasteiger partial charge in [-0.1, -0.05) is 12.1 Å². The maximum atomic E-state index is 13.0. The molecule has 1 amide bonds. The van der Waals surface area contributed by atoms with E-state index in [4.69, 9.17) is 4.42 Å². The number of nitrogens with one attached hydrogen (secondary N) is 2. The minimum atomic E-state index is -0.260. The molecule has 0 bridgehead atoms. The second kappa shape index (κ2) is 9.25. The van der Waals surface area contributed by atoms with Gasteiger partial charge in [-0.25, -0.2) is 4.39 Å². The molecule has 152 valence electrons. The van der Waals surface area contributed by atoms with Crippen molar-refractivity contribution < 1.29 is 13.6 Å². The molecule has 1 heterocycles. The molecule has 6 heteroatoms. The molecule has 2 aromatic carbocycles. The van der Waals surface area contributed by atoms with Crippen molar-refractivity contribution in [2.45, 2.75) is 32.4 Å². The molecule has 0 radical (unpaired) electrons. The first-order valence-electron chi connectivity index (χ1n) is 9.57. The minimum Gasteiger partial charge on any atom is -0.460 e. The van der Waals surface area contributed by atoms with E-state index in [9.17, 15) is 9.18 Å². The highest BCUT2D eigenvalue weighted by molar-refractivity contribution is 5.94. The third kappa shape index (κ3) is 5.46. The van der Waals surface area contributed by atoms with Gasteiger partial charge in [0, 0.05) is 23.2 Å². The molecule has 2 N–H and O–H groups in total. The van der Waals surface area contributed by atoms with Crippen LogP contribution >= 0.6 is 12.4 Å². The van der Waals surface area contributed by atoms with E-state index in [2.05, 4.69) is 17.6 Å². The Bertz CT molecular complexity index is 950. The van der Waals surface area contributed by atoms with Gasteiger partial charge in [0.15, 0.2) is 0 Å². The molecule has 0 aliphatic heterocycles. The summed E-state index contributed by atoms with van der Waals surface area (Å²) in [6, 6.07) is 18.1. The van der Waals surface area contributed by atoms with Crippen molar-refractivity contribution in [3.63, 3.8) is 0 Å². The Morgan fingerprint density at radius 2 is 1.76 bits per heavy atom. The molecule has 1 aromatic heterocycles. The molecule has 1 aliphatic carbocycles. The summed E-state index contributed by atoms with van der Waals surface area (Å²) >= 11 is 0. The first-order valence-corrected chi connectivity index (χ1v) is 9.57. The van der Waals surface area contributed by atoms with E-state index in [1.807, 2.05) is 36.4 Å². The maximum absolute atomic E-state index is 13.0. The van der Waals surface area contributed by atoms with Crippen LogP contribution in [0.1, 0.15) is 37.1 Å². The van der Waals surface area contributed by atoms with Crippen LogP contribution in [0.4, 0.5) is 10.1 Å². The lowest BCUT2D eigenvalue weighted by molar-refractivity contribution is -0.117. The summed E-state index contributed by atoms with van der Waals surface area (Å²) in [4.78, 5) is 11.8. The molecular formula is C23H24ClFN2O2. The van der Waals surface area contributed by atoms with Gasteiger partial charge in [-0.3, -0.25) is 4.79 Å². The predicted octanol–water partition coefficient (Wildman–Crippen LogP) is 5.71. The normalized spacial score (nSPS) is 14.1. The Balaban J connectivity index is 0.00000240. The average molecular weight is 415 g/mol. The Morgan fingerprint density at radius 1 is 1.07 bits per heavy atom. The highest BCUT2D eigenvalue weighted by Gasteiger charge is 2.29. The molecule has 4 rings (SSSR count). The number of amides is 1. The van der Waals surface area contributed by atoms with E-state index in [-0.39, 0.29) is 36.1 Å². The number of anilines is 1. The maximum Gasteiger partial charge on any atom is 0.227 e. The molecule has 1 atom stereocenters. The van der Waals surface area contributed by atoms with Crippen LogP contribution in [0.2, 0.25) is 0 Å². The zero-order chi connectivity index (χ0) is 19.5. The van der Waals surface area contributed by atoms with Gasteiger partial charge in [-0.15, -0.1) is 12.4 Å². The third-order valence-corrected chi connectivity index (χ3v) is 5.00. The number of furan rings is 1. The molecule has 1 aliphatic rings. The summed E-state index contributed by atoms with van der Waals surface area (Å²) in [7, 11) is 0. The highest BCUT2D eigenvalue weighted by atomic mass is 35.5. The van der Waals surface area contributed by atoms with Crippen LogP contribution in [0.5, 0.6) is 0 Å². The van der Waals surface area contributed by atoms with Gasteiger partial charge in [0.25, 0.3) is 0 Å². The zero-order valence-electron chi connectivity index (χ0n) is 16.2. The van der Waals surface area contributed by atoms with E-state index in [1.54, 1.807) is 12.1 Å². The fourth-order valence-corrected chi connectivity index (χ4v) is 3.06. The molecule has 1 saturated carbocycles. The van der Waals surface area contributed by atoms with Gasteiger partial charge in [-0.2, -0.15) is 0 Å². The Kier molecular flexibility index (Phi) is 6.72. The summed E-state index contributed by atoms with van der Waals surface area (Å²) in [6.45, 7) is 2.67. The summed E-state index contributed by atoms with van der Waals surface area (Å²) in [5.41, 5.74) is 2.82. The van der Waals surface area contributed by atoms with Crippen LogP contribution in [0.15, 0.2) is 65.1 Å². The number of carbonyl (C=O) groups excluding carboxylic acids is 1. The van der Waals surface area contributed by atoms with Crippen molar-refractivity contribution in [3.8, 4) is 11.3 Å². The molecule has 3 aromatic rings. The molecule has 1 unspecified atom stereocenters. The van der Waals surface area contributed by atoms with Crippen LogP contribution in [0.25, 0.3) is 11.3 Å². The van der Waals surface area contributed by atoms with Gasteiger partial charge < -0.3 is 15.1 Å². The lowest BCUT2D eigenvalue weighted by atomic mass is 10.1. The van der Waals surface area contributed by atoms with E-state index >= 15 is 0 Å². The van der Waals surface area contributed by atoms with Crippen LogP contribution in [0, 0.1) is 11.7 Å². The average Bonchev–Trinajstić information content (AvgIpc) is 3.46. The first kappa shape index (κ1) is 21.1. The topological polar surface area (TPSA) is 54.3 Å². The van der Waals surface area contributed by atoms with Crippen molar-refractivity contribution in [2.24, 2.45) is 5.92 Å². The van der Waals surface area contributed by atoms with E-state index in [0.29, 0.717) is 6.54 Å². The monoisotopic (exact) mass is 414 g/mol. The van der Waals surface area contributed by atoms with E-state index in [1.165, 1.54) is 12.1 Å². The van der Waals surface area contributed by atoms with E-state index in [0.717, 1.165) is 41.2 Å². The second-order valence-corrected chi connectivity index (χ2v) is 7.26. The van der Waals surface area contributed by atoms with Gasteiger partial charge in [-0.05, 0) is 73.9 Å². The SMILES string of the molecule is CC(NCc1ccc(-c2ccc(F)cc2)o1)c1ccc(NC(=O)C2CC2)cc1.Cl. The largest absolute Gasteiger partial charge is 0.460 e. The number of rotatable bonds is 7. The van der Waals surface area contributed by atoms with Gasteiger partial charge in [0.2, 0.25) is 5.91 Å². The van der Waals surface area contributed by atoms with Crippen LogP contribution < -0.4 is 10.6 Å².